The summed E-state index contributed by atoms with van der Waals surface area (Å²) >= 11 is 0. The van der Waals surface area contributed by atoms with Crippen LogP contribution in [0.5, 0.6) is 0 Å². The lowest BCUT2D eigenvalue weighted by Crippen LogP contribution is -2.14. The Kier molecular flexibility index (Phi) is 4.71. The molecule has 0 saturated heterocycles. The van der Waals surface area contributed by atoms with E-state index >= 15 is 0 Å². The number of nitrogens with zero attached hydrogens (tertiary/aromatic N) is 2. The quantitative estimate of drug-likeness (QED) is 0.852. The molecule has 0 aliphatic carbocycles. The van der Waals surface area contributed by atoms with Crippen molar-refractivity contribution >= 4 is 17.6 Å². The molecule has 0 bridgehead atoms. The van der Waals surface area contributed by atoms with E-state index in [2.05, 4.69) is 17.3 Å². The predicted molar refractivity (Wildman–Crippen MR) is 78.3 cm³/mol. The first-order valence-corrected chi connectivity index (χ1v) is 6.73. The van der Waals surface area contributed by atoms with Gasteiger partial charge in [-0.1, -0.05) is 19.1 Å². The lowest BCUT2D eigenvalue weighted by molar-refractivity contribution is -0.116. The van der Waals surface area contributed by atoms with Crippen molar-refractivity contribution in [3.05, 3.63) is 47.8 Å². The highest BCUT2D eigenvalue weighted by Gasteiger charge is 2.07. The van der Waals surface area contributed by atoms with Gasteiger partial charge in [-0.05, 0) is 24.1 Å². The van der Waals surface area contributed by atoms with Crippen molar-refractivity contribution < 1.29 is 14.7 Å². The Morgan fingerprint density at radius 1 is 1.29 bits per heavy atom. The average Bonchev–Trinajstić information content (AvgIpc) is 2.95. The number of rotatable bonds is 6. The van der Waals surface area contributed by atoms with Gasteiger partial charge in [-0.2, -0.15) is 5.10 Å². The van der Waals surface area contributed by atoms with Crippen LogP contribution in [0.15, 0.2) is 36.7 Å². The van der Waals surface area contributed by atoms with Crippen LogP contribution in [0, 0.1) is 0 Å². The highest BCUT2D eigenvalue weighted by molar-refractivity contribution is 5.90. The molecule has 1 heterocycles. The van der Waals surface area contributed by atoms with Gasteiger partial charge in [0.2, 0.25) is 5.91 Å². The maximum Gasteiger partial charge on any atom is 0.338 e. The third kappa shape index (κ3) is 4.17. The smallest absolute Gasteiger partial charge is 0.338 e. The molecule has 0 aliphatic heterocycles. The molecule has 0 unspecified atom stereocenters. The first kappa shape index (κ1) is 14.8. The van der Waals surface area contributed by atoms with Crippen molar-refractivity contribution in [3.8, 4) is 0 Å². The number of benzene rings is 1. The first-order valence-electron chi connectivity index (χ1n) is 6.73. The Bertz CT molecular complexity index is 632. The highest BCUT2D eigenvalue weighted by atomic mass is 16.4. The largest absolute Gasteiger partial charge is 0.478 e. The Labute approximate surface area is 122 Å². The fourth-order valence-electron chi connectivity index (χ4n) is 1.86. The number of anilines is 1. The minimum atomic E-state index is -1.03. The number of aromatic carboxylic acids is 1. The summed E-state index contributed by atoms with van der Waals surface area (Å²) in [5.74, 6) is -1.16. The number of aromatic nitrogens is 2. The molecular weight excluding hydrogens is 270 g/mol. The summed E-state index contributed by atoms with van der Waals surface area (Å²) in [5.41, 5.74) is 2.08. The summed E-state index contributed by atoms with van der Waals surface area (Å²) in [6, 6.07) is 7.69. The van der Waals surface area contributed by atoms with E-state index in [1.807, 2.05) is 24.3 Å². The van der Waals surface area contributed by atoms with Gasteiger partial charge in [0.15, 0.2) is 0 Å². The second-order valence-corrected chi connectivity index (χ2v) is 4.65. The van der Waals surface area contributed by atoms with Crippen molar-refractivity contribution in [2.24, 2.45) is 0 Å². The SMILES string of the molecule is CCc1ccc(NC(=O)CCn2cc(C(=O)O)cn2)cc1. The van der Waals surface area contributed by atoms with Gasteiger partial charge in [0.25, 0.3) is 0 Å². The number of hydrogen-bond donors (Lipinski definition) is 2. The molecule has 6 heteroatoms. The number of carboxylic acids is 1. The minimum absolute atomic E-state index is 0.116. The van der Waals surface area contributed by atoms with Gasteiger partial charge in [-0.15, -0.1) is 0 Å². The number of nitrogens with one attached hydrogen (secondary N) is 1. The van der Waals surface area contributed by atoms with Gasteiger partial charge in [0.05, 0.1) is 11.8 Å². The predicted octanol–water partition coefficient (Wildman–Crippen LogP) is 2.17. The molecule has 2 aromatic rings. The van der Waals surface area contributed by atoms with Crippen molar-refractivity contribution in [1.82, 2.24) is 9.78 Å². The van der Waals surface area contributed by atoms with Crippen LogP contribution in [0.2, 0.25) is 0 Å². The van der Waals surface area contributed by atoms with E-state index in [1.54, 1.807) is 0 Å². The molecule has 1 aromatic heterocycles. The normalized spacial score (nSPS) is 10.3. The molecule has 110 valence electrons. The van der Waals surface area contributed by atoms with E-state index < -0.39 is 5.97 Å². The van der Waals surface area contributed by atoms with Crippen LogP contribution in [0.4, 0.5) is 5.69 Å². The summed E-state index contributed by atoms with van der Waals surface area (Å²) in [6.07, 6.45) is 3.87. The molecule has 6 nitrogen and oxygen atoms in total. The summed E-state index contributed by atoms with van der Waals surface area (Å²) in [5, 5.41) is 15.5. The average molecular weight is 287 g/mol. The third-order valence-electron chi connectivity index (χ3n) is 3.09. The summed E-state index contributed by atoms with van der Waals surface area (Å²) in [7, 11) is 0. The highest BCUT2D eigenvalue weighted by Crippen LogP contribution is 2.10. The molecule has 0 fully saturated rings. The van der Waals surface area contributed by atoms with Crippen LogP contribution in [-0.2, 0) is 17.8 Å². The Morgan fingerprint density at radius 3 is 2.57 bits per heavy atom. The minimum Gasteiger partial charge on any atom is -0.478 e. The lowest BCUT2D eigenvalue weighted by atomic mass is 10.1. The summed E-state index contributed by atoms with van der Waals surface area (Å²) < 4.78 is 1.45. The van der Waals surface area contributed by atoms with Crippen molar-refractivity contribution in [2.45, 2.75) is 26.3 Å². The molecular formula is C15H17N3O3. The Hall–Kier alpha value is -2.63. The van der Waals surface area contributed by atoms with E-state index in [0.717, 1.165) is 12.1 Å². The number of amides is 1. The molecule has 1 aromatic carbocycles. The number of carbonyl (C=O) groups is 2. The van der Waals surface area contributed by atoms with E-state index in [9.17, 15) is 9.59 Å². The number of aryl methyl sites for hydroxylation is 2. The Balaban J connectivity index is 1.84. The van der Waals surface area contributed by atoms with E-state index in [1.165, 1.54) is 22.6 Å². The van der Waals surface area contributed by atoms with Crippen LogP contribution in [0.25, 0.3) is 0 Å². The second-order valence-electron chi connectivity index (χ2n) is 4.65. The van der Waals surface area contributed by atoms with Crippen LogP contribution in [-0.4, -0.2) is 26.8 Å². The van der Waals surface area contributed by atoms with Gasteiger partial charge < -0.3 is 10.4 Å². The monoisotopic (exact) mass is 287 g/mol. The maximum absolute atomic E-state index is 11.8. The van der Waals surface area contributed by atoms with Gasteiger partial charge in [-0.3, -0.25) is 9.48 Å². The molecule has 2 N–H and O–H groups in total. The van der Waals surface area contributed by atoms with Gasteiger partial charge in [0.1, 0.15) is 0 Å². The van der Waals surface area contributed by atoms with Crippen molar-refractivity contribution in [3.63, 3.8) is 0 Å². The third-order valence-corrected chi connectivity index (χ3v) is 3.09. The molecule has 0 saturated carbocycles. The van der Waals surface area contributed by atoms with Gasteiger partial charge in [-0.25, -0.2) is 4.79 Å². The number of hydrogen-bond acceptors (Lipinski definition) is 3. The zero-order valence-corrected chi connectivity index (χ0v) is 11.7. The van der Waals surface area contributed by atoms with Crippen LogP contribution in [0.1, 0.15) is 29.3 Å². The van der Waals surface area contributed by atoms with Crippen molar-refractivity contribution in [1.29, 1.82) is 0 Å². The molecule has 0 radical (unpaired) electrons. The van der Waals surface area contributed by atoms with Crippen LogP contribution >= 0.6 is 0 Å². The fourth-order valence-corrected chi connectivity index (χ4v) is 1.86. The lowest BCUT2D eigenvalue weighted by Gasteiger charge is -2.06. The van der Waals surface area contributed by atoms with Gasteiger partial charge >= 0.3 is 5.97 Å². The van der Waals surface area contributed by atoms with Gasteiger partial charge in [0, 0.05) is 24.8 Å². The maximum atomic E-state index is 11.8. The molecule has 0 aliphatic rings. The fraction of sp³-hybridized carbons (Fsp3) is 0.267. The second kappa shape index (κ2) is 6.69. The zero-order chi connectivity index (χ0) is 15.2. The molecule has 21 heavy (non-hydrogen) atoms. The molecule has 0 spiro atoms. The van der Waals surface area contributed by atoms with Crippen molar-refractivity contribution in [2.75, 3.05) is 5.32 Å². The Morgan fingerprint density at radius 2 is 2.00 bits per heavy atom. The number of carboxylic acid groups (broad SMARTS) is 1. The zero-order valence-electron chi connectivity index (χ0n) is 11.7. The summed E-state index contributed by atoms with van der Waals surface area (Å²) in [4.78, 5) is 22.5. The van der Waals surface area contributed by atoms with E-state index in [0.29, 0.717) is 6.54 Å². The molecule has 1 amide bonds. The molecule has 2 rings (SSSR count). The van der Waals surface area contributed by atoms with Crippen LogP contribution < -0.4 is 5.32 Å². The van der Waals surface area contributed by atoms with E-state index in [4.69, 9.17) is 5.11 Å². The first-order chi connectivity index (χ1) is 10.1. The topological polar surface area (TPSA) is 84.2 Å². The summed E-state index contributed by atoms with van der Waals surface area (Å²) in [6.45, 7) is 2.41. The standard InChI is InChI=1S/C15H17N3O3/c1-2-11-3-5-13(6-4-11)17-14(19)7-8-18-10-12(9-16-18)15(20)21/h3-6,9-10H,2,7-8H2,1H3,(H,17,19)(H,20,21). The van der Waals surface area contributed by atoms with Crippen LogP contribution in [0.3, 0.4) is 0 Å². The molecule has 0 atom stereocenters. The van der Waals surface area contributed by atoms with E-state index in [-0.39, 0.29) is 17.9 Å². The number of carbonyl (C=O) groups excluding carboxylic acids is 1.